The van der Waals surface area contributed by atoms with Crippen molar-refractivity contribution >= 4 is 5.97 Å². The molecule has 0 bridgehead atoms. The van der Waals surface area contributed by atoms with Gasteiger partial charge >= 0.3 is 5.97 Å². The molecule has 0 aromatic rings. The summed E-state index contributed by atoms with van der Waals surface area (Å²) in [7, 11) is 0. The molecule has 0 fully saturated rings. The number of hydrogen-bond acceptors (Lipinski definition) is 2. The van der Waals surface area contributed by atoms with Crippen molar-refractivity contribution in [2.24, 2.45) is 5.92 Å². The minimum absolute atomic E-state index is 0.150. The van der Waals surface area contributed by atoms with Crippen LogP contribution in [-0.2, 0) is 4.79 Å². The number of rotatable bonds is 3. The van der Waals surface area contributed by atoms with Crippen LogP contribution < -0.4 is 0 Å². The van der Waals surface area contributed by atoms with Crippen LogP contribution >= 0.6 is 0 Å². The van der Waals surface area contributed by atoms with E-state index in [0.717, 1.165) is 0 Å². The van der Waals surface area contributed by atoms with Crippen molar-refractivity contribution in [3.63, 3.8) is 0 Å². The SMILES string of the molecule is CC[C@H](C)[C@H](O)C(=O)O. The first-order valence-corrected chi connectivity index (χ1v) is 3.00. The van der Waals surface area contributed by atoms with Crippen LogP contribution in [0.1, 0.15) is 20.3 Å². The quantitative estimate of drug-likeness (QED) is 0.587. The maximum atomic E-state index is 10.0. The summed E-state index contributed by atoms with van der Waals surface area (Å²) in [5.41, 5.74) is 0. The molecule has 3 nitrogen and oxygen atoms in total. The molecule has 2 atom stereocenters. The summed E-state index contributed by atoms with van der Waals surface area (Å²) in [6.07, 6.45) is -0.511. The smallest absolute Gasteiger partial charge is 0.332 e. The molecule has 0 unspecified atom stereocenters. The van der Waals surface area contributed by atoms with Crippen molar-refractivity contribution in [1.29, 1.82) is 0 Å². The molecule has 0 saturated heterocycles. The Morgan fingerprint density at radius 1 is 1.67 bits per heavy atom. The molecule has 9 heavy (non-hydrogen) atoms. The van der Waals surface area contributed by atoms with Gasteiger partial charge in [-0.1, -0.05) is 20.3 Å². The molecule has 0 saturated carbocycles. The Hall–Kier alpha value is -0.570. The van der Waals surface area contributed by atoms with Gasteiger partial charge in [-0.3, -0.25) is 0 Å². The Labute approximate surface area is 54.3 Å². The van der Waals surface area contributed by atoms with E-state index in [4.69, 9.17) is 10.2 Å². The fraction of sp³-hybridized carbons (Fsp3) is 0.833. The van der Waals surface area contributed by atoms with Crippen molar-refractivity contribution in [3.05, 3.63) is 0 Å². The highest BCUT2D eigenvalue weighted by Gasteiger charge is 2.18. The summed E-state index contributed by atoms with van der Waals surface area (Å²) in [6, 6.07) is 0. The van der Waals surface area contributed by atoms with Gasteiger partial charge in [0.25, 0.3) is 0 Å². The summed E-state index contributed by atoms with van der Waals surface area (Å²) in [5.74, 6) is -1.29. The summed E-state index contributed by atoms with van der Waals surface area (Å²) in [4.78, 5) is 10.0. The Kier molecular flexibility index (Phi) is 3.24. The van der Waals surface area contributed by atoms with E-state index >= 15 is 0 Å². The predicted octanol–water partition coefficient (Wildman–Crippen LogP) is 0.478. The Morgan fingerprint density at radius 2 is 2.11 bits per heavy atom. The minimum Gasteiger partial charge on any atom is -0.479 e. The van der Waals surface area contributed by atoms with E-state index in [1.165, 1.54) is 0 Å². The van der Waals surface area contributed by atoms with Gasteiger partial charge in [0.1, 0.15) is 0 Å². The number of carbonyl (C=O) groups is 1. The van der Waals surface area contributed by atoms with Crippen molar-refractivity contribution in [2.75, 3.05) is 0 Å². The molecule has 0 heterocycles. The van der Waals surface area contributed by atoms with Crippen molar-refractivity contribution in [2.45, 2.75) is 26.4 Å². The summed E-state index contributed by atoms with van der Waals surface area (Å²) in [6.45, 7) is 3.55. The second-order valence-electron chi connectivity index (χ2n) is 2.17. The molecule has 0 spiro atoms. The lowest BCUT2D eigenvalue weighted by atomic mass is 10.0. The fourth-order valence-corrected chi connectivity index (χ4v) is 0.467. The van der Waals surface area contributed by atoms with Crippen LogP contribution in [0.25, 0.3) is 0 Å². The zero-order valence-electron chi connectivity index (χ0n) is 5.66. The van der Waals surface area contributed by atoms with Crippen LogP contribution in [-0.4, -0.2) is 22.3 Å². The van der Waals surface area contributed by atoms with Crippen molar-refractivity contribution in [3.8, 4) is 0 Å². The zero-order valence-corrected chi connectivity index (χ0v) is 5.66. The third kappa shape index (κ3) is 2.46. The fourth-order valence-electron chi connectivity index (χ4n) is 0.467. The highest BCUT2D eigenvalue weighted by molar-refractivity contribution is 5.72. The Bertz CT molecular complexity index is 100. The Balaban J connectivity index is 3.72. The summed E-state index contributed by atoms with van der Waals surface area (Å²) >= 11 is 0. The maximum Gasteiger partial charge on any atom is 0.332 e. The average Bonchev–Trinajstić information content (AvgIpc) is 1.84. The zero-order chi connectivity index (χ0) is 7.44. The van der Waals surface area contributed by atoms with Gasteiger partial charge in [-0.15, -0.1) is 0 Å². The lowest BCUT2D eigenvalue weighted by molar-refractivity contribution is -0.149. The van der Waals surface area contributed by atoms with Gasteiger partial charge in [-0.25, -0.2) is 4.79 Å². The normalized spacial score (nSPS) is 16.8. The van der Waals surface area contributed by atoms with Crippen LogP contribution in [0, 0.1) is 5.92 Å². The lowest BCUT2D eigenvalue weighted by Gasteiger charge is -2.10. The third-order valence-corrected chi connectivity index (χ3v) is 1.44. The van der Waals surface area contributed by atoms with E-state index in [0.29, 0.717) is 6.42 Å². The molecular weight excluding hydrogens is 120 g/mol. The van der Waals surface area contributed by atoms with Crippen molar-refractivity contribution in [1.82, 2.24) is 0 Å². The van der Waals surface area contributed by atoms with E-state index in [2.05, 4.69) is 0 Å². The molecule has 0 aliphatic heterocycles. The van der Waals surface area contributed by atoms with Gasteiger partial charge in [0.05, 0.1) is 0 Å². The largest absolute Gasteiger partial charge is 0.479 e. The first-order chi connectivity index (χ1) is 4.09. The Morgan fingerprint density at radius 3 is 2.22 bits per heavy atom. The standard InChI is InChI=1S/C6H12O3/c1-3-4(2)5(7)6(8)9/h4-5,7H,3H2,1-2H3,(H,8,9)/t4-,5-/m0/s1. The molecule has 2 N–H and O–H groups in total. The molecule has 0 rings (SSSR count). The molecule has 3 heteroatoms. The van der Waals surface area contributed by atoms with E-state index in [1.54, 1.807) is 6.92 Å². The highest BCUT2D eigenvalue weighted by Crippen LogP contribution is 2.06. The highest BCUT2D eigenvalue weighted by atomic mass is 16.4. The minimum atomic E-state index is -1.20. The van der Waals surface area contributed by atoms with Gasteiger partial charge in [-0.2, -0.15) is 0 Å². The van der Waals surface area contributed by atoms with Crippen LogP contribution in [0.4, 0.5) is 0 Å². The number of carboxylic acid groups (broad SMARTS) is 1. The van der Waals surface area contributed by atoms with Crippen LogP contribution in [0.3, 0.4) is 0 Å². The predicted molar refractivity (Wildman–Crippen MR) is 33.1 cm³/mol. The van der Waals surface area contributed by atoms with Gasteiger partial charge in [-0.05, 0) is 5.92 Å². The second-order valence-corrected chi connectivity index (χ2v) is 2.17. The molecule has 0 aromatic heterocycles. The number of aliphatic carboxylic acids is 1. The molecule has 0 radical (unpaired) electrons. The number of carboxylic acids is 1. The molecule has 0 aromatic carbocycles. The number of aliphatic hydroxyl groups excluding tert-OH is 1. The topological polar surface area (TPSA) is 57.5 Å². The van der Waals surface area contributed by atoms with E-state index in [9.17, 15) is 4.79 Å². The van der Waals surface area contributed by atoms with Gasteiger partial charge in [0, 0.05) is 0 Å². The number of aliphatic hydroxyl groups is 1. The van der Waals surface area contributed by atoms with E-state index < -0.39 is 12.1 Å². The first-order valence-electron chi connectivity index (χ1n) is 3.00. The molecule has 0 amide bonds. The molecule has 54 valence electrons. The van der Waals surface area contributed by atoms with Crippen LogP contribution in [0.15, 0.2) is 0 Å². The van der Waals surface area contributed by atoms with Gasteiger partial charge < -0.3 is 10.2 Å². The van der Waals surface area contributed by atoms with E-state index in [-0.39, 0.29) is 5.92 Å². The molecular formula is C6H12O3. The van der Waals surface area contributed by atoms with Gasteiger partial charge in [0.15, 0.2) is 6.10 Å². The first kappa shape index (κ1) is 8.43. The number of hydrogen-bond donors (Lipinski definition) is 2. The van der Waals surface area contributed by atoms with Crippen LogP contribution in [0.2, 0.25) is 0 Å². The average molecular weight is 132 g/mol. The van der Waals surface area contributed by atoms with Crippen molar-refractivity contribution < 1.29 is 15.0 Å². The van der Waals surface area contributed by atoms with Crippen LogP contribution in [0.5, 0.6) is 0 Å². The van der Waals surface area contributed by atoms with Gasteiger partial charge in [0.2, 0.25) is 0 Å². The lowest BCUT2D eigenvalue weighted by Crippen LogP contribution is -2.26. The maximum absolute atomic E-state index is 10.0. The second kappa shape index (κ2) is 3.45. The summed E-state index contributed by atoms with van der Waals surface area (Å²) < 4.78 is 0. The van der Waals surface area contributed by atoms with E-state index in [1.807, 2.05) is 6.92 Å². The monoisotopic (exact) mass is 132 g/mol. The summed E-state index contributed by atoms with van der Waals surface area (Å²) in [5, 5.41) is 17.0. The molecule has 0 aliphatic rings. The third-order valence-electron chi connectivity index (χ3n) is 1.44. The molecule has 0 aliphatic carbocycles.